The van der Waals surface area contributed by atoms with Gasteiger partial charge in [0.25, 0.3) is 0 Å². The first-order valence-corrected chi connectivity index (χ1v) is 9.24. The van der Waals surface area contributed by atoms with Gasteiger partial charge in [-0.05, 0) is 30.5 Å². The van der Waals surface area contributed by atoms with E-state index in [0.717, 1.165) is 43.5 Å². The number of thiazole rings is 1. The molecule has 1 aromatic heterocycles. The van der Waals surface area contributed by atoms with Gasteiger partial charge in [0.2, 0.25) is 0 Å². The summed E-state index contributed by atoms with van der Waals surface area (Å²) in [5.41, 5.74) is 1.13. The minimum atomic E-state index is -0.111. The van der Waals surface area contributed by atoms with E-state index in [-0.39, 0.29) is 12.1 Å². The highest BCUT2D eigenvalue weighted by molar-refractivity contribution is 7.17. The standard InChI is InChI=1S/C18H23N3O3S/c1-23-14-9-7-13(8-10-14)15-6-4-3-5-11-21(15)18(22)20-17-19-12-16(24-2)25-17/h7-10,12,15H,3-6,11H2,1-2H3,(H,19,20,22). The number of amides is 2. The van der Waals surface area contributed by atoms with Gasteiger partial charge in [-0.2, -0.15) is 0 Å². The zero-order chi connectivity index (χ0) is 17.6. The van der Waals surface area contributed by atoms with Crippen molar-refractivity contribution in [3.8, 4) is 10.8 Å². The molecule has 6 nitrogen and oxygen atoms in total. The van der Waals surface area contributed by atoms with E-state index >= 15 is 0 Å². The van der Waals surface area contributed by atoms with Crippen molar-refractivity contribution in [1.82, 2.24) is 9.88 Å². The molecular weight excluding hydrogens is 338 g/mol. The van der Waals surface area contributed by atoms with Crippen molar-refractivity contribution in [2.75, 3.05) is 26.1 Å². The van der Waals surface area contributed by atoms with Gasteiger partial charge in [0.05, 0.1) is 26.5 Å². The van der Waals surface area contributed by atoms with E-state index in [1.54, 1.807) is 20.4 Å². The number of hydrogen-bond acceptors (Lipinski definition) is 5. The number of urea groups is 1. The van der Waals surface area contributed by atoms with Crippen LogP contribution in [0.25, 0.3) is 0 Å². The first-order chi connectivity index (χ1) is 12.2. The lowest BCUT2D eigenvalue weighted by Crippen LogP contribution is -2.38. The minimum Gasteiger partial charge on any atom is -0.497 e. The van der Waals surface area contributed by atoms with Crippen LogP contribution in [0.3, 0.4) is 0 Å². The summed E-state index contributed by atoms with van der Waals surface area (Å²) in [5, 5.41) is 4.14. The molecule has 0 saturated carbocycles. The maximum Gasteiger partial charge on any atom is 0.324 e. The number of carbonyl (C=O) groups excluding carboxylic acids is 1. The van der Waals surface area contributed by atoms with Crippen LogP contribution >= 0.6 is 11.3 Å². The number of nitrogens with zero attached hydrogens (tertiary/aromatic N) is 2. The highest BCUT2D eigenvalue weighted by atomic mass is 32.1. The van der Waals surface area contributed by atoms with Gasteiger partial charge >= 0.3 is 6.03 Å². The third-order valence-corrected chi connectivity index (χ3v) is 5.29. The van der Waals surface area contributed by atoms with E-state index in [1.807, 2.05) is 29.2 Å². The average Bonchev–Trinajstić information content (AvgIpc) is 2.95. The van der Waals surface area contributed by atoms with Gasteiger partial charge in [-0.15, -0.1) is 0 Å². The van der Waals surface area contributed by atoms with Crippen molar-refractivity contribution in [1.29, 1.82) is 0 Å². The Hall–Kier alpha value is -2.28. The first-order valence-electron chi connectivity index (χ1n) is 8.42. The SMILES string of the molecule is COc1ccc(C2CCCCCN2C(=O)Nc2ncc(OC)s2)cc1. The second-order valence-electron chi connectivity index (χ2n) is 5.95. The highest BCUT2D eigenvalue weighted by Crippen LogP contribution is 2.32. The van der Waals surface area contributed by atoms with Gasteiger partial charge in [0.1, 0.15) is 5.75 Å². The maximum atomic E-state index is 12.8. The molecule has 3 rings (SSSR count). The Bertz CT molecular complexity index is 702. The molecule has 1 fully saturated rings. The molecule has 2 amide bonds. The second kappa shape index (κ2) is 8.20. The zero-order valence-corrected chi connectivity index (χ0v) is 15.3. The number of rotatable bonds is 4. The Balaban J connectivity index is 1.77. The molecule has 0 radical (unpaired) electrons. The lowest BCUT2D eigenvalue weighted by Gasteiger charge is -2.30. The van der Waals surface area contributed by atoms with Gasteiger partial charge in [-0.1, -0.05) is 36.3 Å². The van der Waals surface area contributed by atoms with Crippen LogP contribution in [0.4, 0.5) is 9.93 Å². The quantitative estimate of drug-likeness (QED) is 0.881. The third kappa shape index (κ3) is 4.22. The molecule has 7 heteroatoms. The molecule has 1 aromatic carbocycles. The number of benzene rings is 1. The van der Waals surface area contributed by atoms with Crippen LogP contribution in [-0.2, 0) is 0 Å². The second-order valence-corrected chi connectivity index (χ2v) is 6.94. The summed E-state index contributed by atoms with van der Waals surface area (Å²) < 4.78 is 10.4. The summed E-state index contributed by atoms with van der Waals surface area (Å²) >= 11 is 1.32. The average molecular weight is 361 g/mol. The molecule has 1 aliphatic heterocycles. The first kappa shape index (κ1) is 17.5. The number of aromatic nitrogens is 1. The molecule has 0 spiro atoms. The molecular formula is C18H23N3O3S. The summed E-state index contributed by atoms with van der Waals surface area (Å²) in [6.07, 6.45) is 5.85. The number of methoxy groups -OCH3 is 2. The van der Waals surface area contributed by atoms with Crippen molar-refractivity contribution >= 4 is 22.5 Å². The Labute approximate surface area is 151 Å². The van der Waals surface area contributed by atoms with Gasteiger partial charge in [-0.3, -0.25) is 5.32 Å². The minimum absolute atomic E-state index is 0.0651. The Morgan fingerprint density at radius 1 is 1.20 bits per heavy atom. The molecule has 0 bridgehead atoms. The van der Waals surface area contributed by atoms with Crippen LogP contribution in [0, 0.1) is 0 Å². The van der Waals surface area contributed by atoms with E-state index < -0.39 is 0 Å². The summed E-state index contributed by atoms with van der Waals surface area (Å²) in [5.74, 6) is 0.822. The molecule has 1 aliphatic rings. The number of hydrogen-bond donors (Lipinski definition) is 1. The van der Waals surface area contributed by atoms with E-state index in [4.69, 9.17) is 9.47 Å². The largest absolute Gasteiger partial charge is 0.497 e. The number of ether oxygens (including phenoxy) is 2. The van der Waals surface area contributed by atoms with Crippen LogP contribution in [0.15, 0.2) is 30.5 Å². The highest BCUT2D eigenvalue weighted by Gasteiger charge is 2.27. The van der Waals surface area contributed by atoms with E-state index in [2.05, 4.69) is 10.3 Å². The lowest BCUT2D eigenvalue weighted by molar-refractivity contribution is 0.189. The molecule has 2 heterocycles. The van der Waals surface area contributed by atoms with E-state index in [1.165, 1.54) is 11.3 Å². The molecule has 0 aliphatic carbocycles. The van der Waals surface area contributed by atoms with Crippen LogP contribution in [-0.4, -0.2) is 36.7 Å². The third-order valence-electron chi connectivity index (χ3n) is 4.41. The van der Waals surface area contributed by atoms with Gasteiger partial charge in [-0.25, -0.2) is 9.78 Å². The molecule has 1 unspecified atom stereocenters. The van der Waals surface area contributed by atoms with Crippen LogP contribution < -0.4 is 14.8 Å². The fourth-order valence-corrected chi connectivity index (χ4v) is 3.72. The summed E-state index contributed by atoms with van der Waals surface area (Å²) in [6, 6.07) is 7.93. The summed E-state index contributed by atoms with van der Waals surface area (Å²) in [4.78, 5) is 18.9. The number of anilines is 1. The topological polar surface area (TPSA) is 63.7 Å². The molecule has 2 aromatic rings. The fourth-order valence-electron chi connectivity index (χ4n) is 3.10. The summed E-state index contributed by atoms with van der Waals surface area (Å²) in [6.45, 7) is 0.741. The van der Waals surface area contributed by atoms with E-state index in [9.17, 15) is 4.79 Å². The lowest BCUT2D eigenvalue weighted by atomic mass is 10.0. The van der Waals surface area contributed by atoms with Crippen LogP contribution in [0.1, 0.15) is 37.3 Å². The van der Waals surface area contributed by atoms with Crippen molar-refractivity contribution < 1.29 is 14.3 Å². The number of nitrogens with one attached hydrogen (secondary N) is 1. The molecule has 25 heavy (non-hydrogen) atoms. The van der Waals surface area contributed by atoms with Gasteiger partial charge in [0.15, 0.2) is 10.2 Å². The predicted octanol–water partition coefficient (Wildman–Crippen LogP) is 4.31. The van der Waals surface area contributed by atoms with Crippen molar-refractivity contribution in [2.24, 2.45) is 0 Å². The zero-order valence-electron chi connectivity index (χ0n) is 14.5. The molecule has 134 valence electrons. The normalized spacial score (nSPS) is 17.7. The van der Waals surface area contributed by atoms with Crippen LogP contribution in [0.5, 0.6) is 10.8 Å². The summed E-state index contributed by atoms with van der Waals surface area (Å²) in [7, 11) is 3.25. The Morgan fingerprint density at radius 2 is 2.00 bits per heavy atom. The van der Waals surface area contributed by atoms with Crippen molar-refractivity contribution in [3.05, 3.63) is 36.0 Å². The van der Waals surface area contributed by atoms with Gasteiger partial charge in [0, 0.05) is 6.54 Å². The predicted molar refractivity (Wildman–Crippen MR) is 98.6 cm³/mol. The van der Waals surface area contributed by atoms with Crippen LogP contribution in [0.2, 0.25) is 0 Å². The van der Waals surface area contributed by atoms with E-state index in [0.29, 0.717) is 10.2 Å². The van der Waals surface area contributed by atoms with Gasteiger partial charge < -0.3 is 14.4 Å². The number of likely N-dealkylation sites (tertiary alicyclic amines) is 1. The fraction of sp³-hybridized carbons (Fsp3) is 0.444. The Kier molecular flexibility index (Phi) is 5.75. The monoisotopic (exact) mass is 361 g/mol. The Morgan fingerprint density at radius 3 is 2.68 bits per heavy atom. The molecule has 1 atom stereocenters. The smallest absolute Gasteiger partial charge is 0.324 e. The molecule has 1 N–H and O–H groups in total. The van der Waals surface area contributed by atoms with Crippen molar-refractivity contribution in [2.45, 2.75) is 31.7 Å². The van der Waals surface area contributed by atoms with Crippen molar-refractivity contribution in [3.63, 3.8) is 0 Å². The maximum absolute atomic E-state index is 12.8. The number of carbonyl (C=O) groups is 1. The molecule has 1 saturated heterocycles.